The predicted molar refractivity (Wildman–Crippen MR) is 89.7 cm³/mol. The van der Waals surface area contributed by atoms with E-state index in [1.165, 1.54) is 0 Å². The molecule has 5 heteroatoms. The lowest BCUT2D eigenvalue weighted by Gasteiger charge is -2.09. The van der Waals surface area contributed by atoms with Gasteiger partial charge in [0.2, 0.25) is 6.79 Å². The zero-order chi connectivity index (χ0) is 16.8. The molecule has 0 aliphatic carbocycles. The summed E-state index contributed by atoms with van der Waals surface area (Å²) in [4.78, 5) is 0. The minimum atomic E-state index is -0.00269. The number of aryl methyl sites for hydroxylation is 1. The van der Waals surface area contributed by atoms with Crippen molar-refractivity contribution in [2.24, 2.45) is 0 Å². The van der Waals surface area contributed by atoms with Crippen LogP contribution in [0.4, 0.5) is 0 Å². The quantitative estimate of drug-likeness (QED) is 0.704. The standard InChI is InChI=1S/C19H16O5/c1-3-4-11-14(20)6-5-12(18(11)21)19-10(2)13-7-16-17(23-9-22-16)8-15(13)24-19/h3,5-8,20-21H,1,4,9H2,2H3. The van der Waals surface area contributed by atoms with Crippen LogP contribution < -0.4 is 9.47 Å². The Morgan fingerprint density at radius 1 is 1.17 bits per heavy atom. The third-order valence-electron chi connectivity index (χ3n) is 4.28. The van der Waals surface area contributed by atoms with E-state index in [4.69, 9.17) is 13.9 Å². The Kier molecular flexibility index (Phi) is 3.16. The van der Waals surface area contributed by atoms with Gasteiger partial charge < -0.3 is 24.1 Å². The van der Waals surface area contributed by atoms with Crippen molar-refractivity contribution in [2.45, 2.75) is 13.3 Å². The largest absolute Gasteiger partial charge is 0.508 e. The van der Waals surface area contributed by atoms with E-state index in [2.05, 4.69) is 6.58 Å². The van der Waals surface area contributed by atoms with Crippen LogP contribution in [0.3, 0.4) is 0 Å². The van der Waals surface area contributed by atoms with E-state index in [-0.39, 0.29) is 18.3 Å². The van der Waals surface area contributed by atoms with Gasteiger partial charge in [-0.25, -0.2) is 0 Å². The van der Waals surface area contributed by atoms with Crippen molar-refractivity contribution < 1.29 is 24.1 Å². The van der Waals surface area contributed by atoms with Crippen LogP contribution in [0, 0.1) is 6.92 Å². The van der Waals surface area contributed by atoms with Crippen LogP contribution >= 0.6 is 0 Å². The Bertz CT molecular complexity index is 968. The van der Waals surface area contributed by atoms with Gasteiger partial charge in [0.1, 0.15) is 22.8 Å². The van der Waals surface area contributed by atoms with Crippen LogP contribution in [-0.2, 0) is 6.42 Å². The number of fused-ring (bicyclic) bond motifs is 2. The highest BCUT2D eigenvalue weighted by Crippen LogP contribution is 2.44. The first-order valence-corrected chi connectivity index (χ1v) is 7.58. The van der Waals surface area contributed by atoms with Crippen LogP contribution in [0.25, 0.3) is 22.3 Å². The first-order valence-electron chi connectivity index (χ1n) is 7.58. The molecular formula is C19H16O5. The van der Waals surface area contributed by atoms with E-state index in [1.54, 1.807) is 24.3 Å². The monoisotopic (exact) mass is 324 g/mol. The summed E-state index contributed by atoms with van der Waals surface area (Å²) in [5, 5.41) is 21.4. The van der Waals surface area contributed by atoms with Gasteiger partial charge in [-0.2, -0.15) is 0 Å². The number of benzene rings is 2. The molecule has 1 aliphatic rings. The second-order valence-electron chi connectivity index (χ2n) is 5.71. The molecule has 0 saturated heterocycles. The van der Waals surface area contributed by atoms with Crippen molar-refractivity contribution in [2.75, 3.05) is 6.79 Å². The molecular weight excluding hydrogens is 308 g/mol. The molecule has 122 valence electrons. The van der Waals surface area contributed by atoms with Gasteiger partial charge in [-0.05, 0) is 31.5 Å². The highest BCUT2D eigenvalue weighted by Gasteiger charge is 2.22. The zero-order valence-corrected chi connectivity index (χ0v) is 13.1. The molecule has 5 nitrogen and oxygen atoms in total. The van der Waals surface area contributed by atoms with E-state index < -0.39 is 0 Å². The summed E-state index contributed by atoms with van der Waals surface area (Å²) in [6, 6.07) is 6.85. The molecule has 2 heterocycles. The fraction of sp³-hybridized carbons (Fsp3) is 0.158. The predicted octanol–water partition coefficient (Wildman–Crippen LogP) is 4.28. The van der Waals surface area contributed by atoms with Gasteiger partial charge in [-0.1, -0.05) is 6.08 Å². The van der Waals surface area contributed by atoms with Crippen molar-refractivity contribution in [1.82, 2.24) is 0 Å². The molecule has 0 amide bonds. The van der Waals surface area contributed by atoms with Crippen molar-refractivity contribution >= 4 is 11.0 Å². The highest BCUT2D eigenvalue weighted by atomic mass is 16.7. The topological polar surface area (TPSA) is 72.1 Å². The molecule has 3 aromatic rings. The molecule has 24 heavy (non-hydrogen) atoms. The lowest BCUT2D eigenvalue weighted by atomic mass is 10.0. The molecule has 0 unspecified atom stereocenters. The fourth-order valence-electron chi connectivity index (χ4n) is 3.02. The summed E-state index contributed by atoms with van der Waals surface area (Å²) in [6.07, 6.45) is 1.99. The van der Waals surface area contributed by atoms with Gasteiger partial charge in [0.25, 0.3) is 0 Å². The van der Waals surface area contributed by atoms with E-state index in [0.29, 0.717) is 40.4 Å². The van der Waals surface area contributed by atoms with E-state index >= 15 is 0 Å². The smallest absolute Gasteiger partial charge is 0.231 e. The van der Waals surface area contributed by atoms with E-state index in [9.17, 15) is 10.2 Å². The van der Waals surface area contributed by atoms with Crippen molar-refractivity contribution in [3.63, 3.8) is 0 Å². The molecule has 0 fully saturated rings. The van der Waals surface area contributed by atoms with Crippen LogP contribution in [0.2, 0.25) is 0 Å². The minimum Gasteiger partial charge on any atom is -0.508 e. The fourth-order valence-corrected chi connectivity index (χ4v) is 3.02. The average Bonchev–Trinajstić information content (AvgIpc) is 3.14. The van der Waals surface area contributed by atoms with Gasteiger partial charge in [0, 0.05) is 22.6 Å². The maximum atomic E-state index is 10.6. The number of hydrogen-bond donors (Lipinski definition) is 2. The summed E-state index contributed by atoms with van der Waals surface area (Å²) in [7, 11) is 0. The van der Waals surface area contributed by atoms with Gasteiger partial charge in [0.15, 0.2) is 11.5 Å². The minimum absolute atomic E-state index is 0.00269. The number of aromatic hydroxyl groups is 2. The Labute approximate surface area is 138 Å². The molecule has 2 N–H and O–H groups in total. The summed E-state index contributed by atoms with van der Waals surface area (Å²) in [5.41, 5.74) is 2.50. The van der Waals surface area contributed by atoms with Gasteiger partial charge in [-0.3, -0.25) is 0 Å². The first kappa shape index (κ1) is 14.5. The van der Waals surface area contributed by atoms with Gasteiger partial charge in [0.05, 0.1) is 5.56 Å². The molecule has 1 aromatic heterocycles. The normalized spacial score (nSPS) is 12.7. The Hall–Kier alpha value is -3.08. The van der Waals surface area contributed by atoms with E-state index in [0.717, 1.165) is 10.9 Å². The molecule has 0 saturated carbocycles. The number of ether oxygens (including phenoxy) is 2. The van der Waals surface area contributed by atoms with Crippen LogP contribution in [-0.4, -0.2) is 17.0 Å². The second-order valence-corrected chi connectivity index (χ2v) is 5.71. The number of phenols is 2. The maximum Gasteiger partial charge on any atom is 0.231 e. The summed E-state index contributed by atoms with van der Waals surface area (Å²) < 4.78 is 16.7. The van der Waals surface area contributed by atoms with Crippen molar-refractivity contribution in [3.05, 3.63) is 48.0 Å². The molecule has 0 radical (unpaired) electrons. The molecule has 1 aliphatic heterocycles. The Morgan fingerprint density at radius 2 is 1.92 bits per heavy atom. The molecule has 0 bridgehead atoms. The third kappa shape index (κ3) is 2.01. The number of furan rings is 1. The lowest BCUT2D eigenvalue weighted by molar-refractivity contribution is 0.174. The summed E-state index contributed by atoms with van der Waals surface area (Å²) in [6.45, 7) is 5.78. The Balaban J connectivity index is 1.93. The number of phenolic OH excluding ortho intramolecular Hbond substituents is 2. The van der Waals surface area contributed by atoms with Crippen molar-refractivity contribution in [1.29, 1.82) is 0 Å². The second kappa shape index (κ2) is 5.23. The summed E-state index contributed by atoms with van der Waals surface area (Å²) >= 11 is 0. The zero-order valence-electron chi connectivity index (χ0n) is 13.1. The van der Waals surface area contributed by atoms with Crippen LogP contribution in [0.5, 0.6) is 23.0 Å². The molecule has 2 aromatic carbocycles. The van der Waals surface area contributed by atoms with Crippen LogP contribution in [0.15, 0.2) is 41.3 Å². The van der Waals surface area contributed by atoms with E-state index in [1.807, 2.05) is 13.0 Å². The molecule has 0 spiro atoms. The van der Waals surface area contributed by atoms with Gasteiger partial charge in [-0.15, -0.1) is 6.58 Å². The number of allylic oxidation sites excluding steroid dienone is 1. The van der Waals surface area contributed by atoms with Crippen molar-refractivity contribution in [3.8, 4) is 34.3 Å². The molecule has 4 rings (SSSR count). The number of hydrogen-bond acceptors (Lipinski definition) is 5. The third-order valence-corrected chi connectivity index (χ3v) is 4.28. The Morgan fingerprint density at radius 3 is 2.67 bits per heavy atom. The maximum absolute atomic E-state index is 10.6. The summed E-state index contributed by atoms with van der Waals surface area (Å²) in [5.74, 6) is 1.91. The lowest BCUT2D eigenvalue weighted by Crippen LogP contribution is -1.92. The highest BCUT2D eigenvalue weighted by molar-refractivity contribution is 5.91. The van der Waals surface area contributed by atoms with Crippen LogP contribution in [0.1, 0.15) is 11.1 Å². The van der Waals surface area contributed by atoms with Gasteiger partial charge >= 0.3 is 0 Å². The number of rotatable bonds is 3. The molecule has 0 atom stereocenters. The first-order chi connectivity index (χ1) is 11.6. The SMILES string of the molecule is C=CCc1c(O)ccc(-c2oc3cc4c(cc3c2C)OCO4)c1O. The average molecular weight is 324 g/mol.